The van der Waals surface area contributed by atoms with Gasteiger partial charge in [0.05, 0.1) is 18.3 Å². The summed E-state index contributed by atoms with van der Waals surface area (Å²) in [7, 11) is 5.43. The average Bonchev–Trinajstić information content (AvgIpc) is 2.87. The predicted molar refractivity (Wildman–Crippen MR) is 132 cm³/mol. The van der Waals surface area contributed by atoms with Crippen LogP contribution in [0, 0.1) is 0 Å². The first-order valence-electron chi connectivity index (χ1n) is 11.2. The summed E-state index contributed by atoms with van der Waals surface area (Å²) in [6, 6.07) is 18.9. The molecule has 7 nitrogen and oxygen atoms in total. The largest absolute Gasteiger partial charge is 0.505 e. The molecule has 1 aliphatic rings. The highest BCUT2D eigenvalue weighted by atomic mass is 16.5. The van der Waals surface area contributed by atoms with Gasteiger partial charge >= 0.3 is 0 Å². The second-order valence-electron chi connectivity index (χ2n) is 8.58. The highest BCUT2D eigenvalue weighted by Gasteiger charge is 2.27. The third-order valence-corrected chi connectivity index (χ3v) is 6.27. The number of carbonyl (C=O) groups excluding carboxylic acids is 1. The van der Waals surface area contributed by atoms with Gasteiger partial charge in [0.1, 0.15) is 17.2 Å². The Bertz CT molecular complexity index is 1380. The van der Waals surface area contributed by atoms with Crippen LogP contribution >= 0.6 is 0 Å². The number of carbonyl (C=O) groups is 1. The molecule has 0 bridgehead atoms. The van der Waals surface area contributed by atoms with Gasteiger partial charge in [-0.2, -0.15) is 0 Å². The molecule has 0 spiro atoms. The molecule has 0 saturated carbocycles. The number of rotatable bonds is 4. The number of phenolic OH excluding ortho intramolecular Hbond substituents is 1. The number of hydrogen-bond donors (Lipinski definition) is 1. The minimum Gasteiger partial charge on any atom is -0.505 e. The number of para-hydroxylation sites is 1. The Labute approximate surface area is 198 Å². The van der Waals surface area contributed by atoms with Crippen LogP contribution in [0.3, 0.4) is 0 Å². The number of hydrogen-bond acceptors (Lipinski definition) is 6. The summed E-state index contributed by atoms with van der Waals surface area (Å²) in [5.41, 5.74) is 4.56. The number of methoxy groups -OCH3 is 1. The Morgan fingerprint density at radius 3 is 2.53 bits per heavy atom. The smallest absolute Gasteiger partial charge is 0.273 e. The Kier molecular flexibility index (Phi) is 5.53. The standard InChI is InChI=1S/C27H26N4O3/c1-30(2)23-13-10-18-16-31(15-14-20(18)25(23)32)27(33)24-21-6-4-5-7-22(21)28-26(29-24)17-8-11-19(34-3)12-9-17/h4-13,32H,14-16H2,1-3H3. The van der Waals surface area contributed by atoms with Gasteiger partial charge in [-0.05, 0) is 48.4 Å². The molecule has 1 N–H and O–H groups in total. The van der Waals surface area contributed by atoms with Crippen molar-refractivity contribution in [3.8, 4) is 22.9 Å². The molecule has 1 aromatic heterocycles. The first-order valence-corrected chi connectivity index (χ1v) is 11.2. The molecule has 0 atom stereocenters. The Morgan fingerprint density at radius 1 is 1.03 bits per heavy atom. The van der Waals surface area contributed by atoms with Crippen molar-refractivity contribution in [3.05, 3.63) is 77.5 Å². The summed E-state index contributed by atoms with van der Waals surface area (Å²) in [5, 5.41) is 11.4. The fourth-order valence-electron chi connectivity index (χ4n) is 4.42. The SMILES string of the molecule is COc1ccc(-c2nc(C(=O)N3CCc4c(ccc(N(C)C)c4O)C3)c3ccccc3n2)cc1. The van der Waals surface area contributed by atoms with E-state index in [2.05, 4.69) is 0 Å². The van der Waals surface area contributed by atoms with Gasteiger partial charge in [0.25, 0.3) is 5.91 Å². The van der Waals surface area contributed by atoms with Crippen LogP contribution in [-0.2, 0) is 13.0 Å². The molecule has 2 heterocycles. The molecule has 0 saturated heterocycles. The van der Waals surface area contributed by atoms with E-state index in [0.717, 1.165) is 39.0 Å². The van der Waals surface area contributed by atoms with Gasteiger partial charge in [-0.3, -0.25) is 4.79 Å². The molecule has 7 heteroatoms. The second-order valence-corrected chi connectivity index (χ2v) is 8.58. The van der Waals surface area contributed by atoms with E-state index >= 15 is 0 Å². The summed E-state index contributed by atoms with van der Waals surface area (Å²) in [6.07, 6.45) is 0.586. The molecular formula is C27H26N4O3. The lowest BCUT2D eigenvalue weighted by atomic mass is 9.97. The zero-order valence-corrected chi connectivity index (χ0v) is 19.4. The number of ether oxygens (including phenoxy) is 1. The number of aromatic nitrogens is 2. The van der Waals surface area contributed by atoms with Crippen LogP contribution in [-0.4, -0.2) is 53.6 Å². The second kappa shape index (κ2) is 8.67. The van der Waals surface area contributed by atoms with Crippen LogP contribution < -0.4 is 9.64 Å². The first-order chi connectivity index (χ1) is 16.5. The number of benzene rings is 3. The lowest BCUT2D eigenvalue weighted by molar-refractivity contribution is 0.0730. The Hall–Kier alpha value is -4.13. The van der Waals surface area contributed by atoms with Crippen LogP contribution in [0.1, 0.15) is 21.6 Å². The fraction of sp³-hybridized carbons (Fsp3) is 0.222. The Morgan fingerprint density at radius 2 is 1.79 bits per heavy atom. The molecule has 0 unspecified atom stereocenters. The number of anilines is 1. The average molecular weight is 455 g/mol. The Balaban J connectivity index is 1.52. The van der Waals surface area contributed by atoms with Crippen molar-refractivity contribution in [2.75, 3.05) is 32.6 Å². The molecule has 0 radical (unpaired) electrons. The van der Waals surface area contributed by atoms with Crippen molar-refractivity contribution < 1.29 is 14.6 Å². The summed E-state index contributed by atoms with van der Waals surface area (Å²) in [5.74, 6) is 1.39. The van der Waals surface area contributed by atoms with Crippen LogP contribution in [0.25, 0.3) is 22.3 Å². The number of phenols is 1. The lowest BCUT2D eigenvalue weighted by Gasteiger charge is -2.30. The minimum atomic E-state index is -0.143. The minimum absolute atomic E-state index is 0.143. The maximum absolute atomic E-state index is 13.7. The molecule has 34 heavy (non-hydrogen) atoms. The van der Waals surface area contributed by atoms with E-state index < -0.39 is 0 Å². The number of amides is 1. The van der Waals surface area contributed by atoms with Crippen molar-refractivity contribution in [1.82, 2.24) is 14.9 Å². The van der Waals surface area contributed by atoms with Crippen LogP contribution in [0.15, 0.2) is 60.7 Å². The molecule has 0 aliphatic carbocycles. The van der Waals surface area contributed by atoms with Gasteiger partial charge in [0.2, 0.25) is 0 Å². The number of aromatic hydroxyl groups is 1. The van der Waals surface area contributed by atoms with E-state index in [1.807, 2.05) is 79.7 Å². The van der Waals surface area contributed by atoms with Crippen molar-refractivity contribution in [3.63, 3.8) is 0 Å². The summed E-state index contributed by atoms with van der Waals surface area (Å²) in [4.78, 5) is 26.8. The zero-order valence-electron chi connectivity index (χ0n) is 19.4. The zero-order chi connectivity index (χ0) is 23.8. The molecule has 1 amide bonds. The maximum Gasteiger partial charge on any atom is 0.273 e. The monoisotopic (exact) mass is 454 g/mol. The normalized spacial score (nSPS) is 13.0. The van der Waals surface area contributed by atoms with Gasteiger partial charge in [-0.25, -0.2) is 9.97 Å². The molecule has 172 valence electrons. The molecule has 3 aromatic carbocycles. The number of fused-ring (bicyclic) bond motifs is 2. The van der Waals surface area contributed by atoms with Gasteiger partial charge in [0, 0.05) is 43.7 Å². The predicted octanol–water partition coefficient (Wildman–Crippen LogP) is 4.28. The molecular weight excluding hydrogens is 428 g/mol. The van der Waals surface area contributed by atoms with Crippen LogP contribution in [0.4, 0.5) is 5.69 Å². The fourth-order valence-corrected chi connectivity index (χ4v) is 4.42. The van der Waals surface area contributed by atoms with Crippen molar-refractivity contribution >= 4 is 22.5 Å². The van der Waals surface area contributed by atoms with E-state index in [9.17, 15) is 9.90 Å². The van der Waals surface area contributed by atoms with E-state index in [-0.39, 0.29) is 5.91 Å². The van der Waals surface area contributed by atoms with Gasteiger partial charge < -0.3 is 19.6 Å². The summed E-state index contributed by atoms with van der Waals surface area (Å²) < 4.78 is 5.25. The first kappa shape index (κ1) is 21.7. The summed E-state index contributed by atoms with van der Waals surface area (Å²) in [6.45, 7) is 0.929. The third-order valence-electron chi connectivity index (χ3n) is 6.27. The van der Waals surface area contributed by atoms with E-state index in [1.54, 1.807) is 12.0 Å². The molecule has 5 rings (SSSR count). The molecule has 1 aliphatic heterocycles. The quantitative estimate of drug-likeness (QED) is 0.496. The highest BCUT2D eigenvalue weighted by molar-refractivity contribution is 6.05. The maximum atomic E-state index is 13.7. The highest BCUT2D eigenvalue weighted by Crippen LogP contribution is 2.36. The van der Waals surface area contributed by atoms with Gasteiger partial charge in [-0.15, -0.1) is 0 Å². The number of nitrogens with zero attached hydrogens (tertiary/aromatic N) is 4. The van der Waals surface area contributed by atoms with Crippen LogP contribution in [0.2, 0.25) is 0 Å². The molecule has 4 aromatic rings. The molecule has 0 fully saturated rings. The van der Waals surface area contributed by atoms with Gasteiger partial charge in [0.15, 0.2) is 5.82 Å². The topological polar surface area (TPSA) is 78.8 Å². The van der Waals surface area contributed by atoms with Crippen molar-refractivity contribution in [2.45, 2.75) is 13.0 Å². The van der Waals surface area contributed by atoms with Gasteiger partial charge in [-0.1, -0.05) is 24.3 Å². The van der Waals surface area contributed by atoms with E-state index in [0.29, 0.717) is 36.8 Å². The van der Waals surface area contributed by atoms with Crippen LogP contribution in [0.5, 0.6) is 11.5 Å². The van der Waals surface area contributed by atoms with E-state index in [1.165, 1.54) is 0 Å². The third kappa shape index (κ3) is 3.79. The lowest BCUT2D eigenvalue weighted by Crippen LogP contribution is -2.36. The van der Waals surface area contributed by atoms with Crippen molar-refractivity contribution in [2.24, 2.45) is 0 Å². The summed E-state index contributed by atoms with van der Waals surface area (Å²) >= 11 is 0. The van der Waals surface area contributed by atoms with E-state index in [4.69, 9.17) is 14.7 Å². The van der Waals surface area contributed by atoms with Crippen molar-refractivity contribution in [1.29, 1.82) is 0 Å².